The van der Waals surface area contributed by atoms with Crippen LogP contribution in [-0.4, -0.2) is 31.5 Å². The quantitative estimate of drug-likeness (QED) is 0.580. The van der Waals surface area contributed by atoms with Crippen molar-refractivity contribution in [2.75, 3.05) is 13.2 Å². The number of nitrogens with one attached hydrogen (secondary N) is 1. The predicted molar refractivity (Wildman–Crippen MR) is 39.0 cm³/mol. The Labute approximate surface area is 65.9 Å². The molecular weight excluding hydrogens is 146 g/mol. The Bertz CT molecular complexity index is 141. The molecular formula is C7H13NO3. The van der Waals surface area contributed by atoms with E-state index in [-0.39, 0.29) is 18.2 Å². The van der Waals surface area contributed by atoms with Gasteiger partial charge in [-0.25, -0.2) is 0 Å². The highest BCUT2D eigenvalue weighted by Gasteiger charge is 2.18. The molecule has 0 radical (unpaired) electrons. The Morgan fingerprint density at radius 2 is 2.00 bits per heavy atom. The van der Waals surface area contributed by atoms with Crippen molar-refractivity contribution in [2.45, 2.75) is 26.2 Å². The second-order valence-corrected chi connectivity index (χ2v) is 2.63. The Morgan fingerprint density at radius 3 is 2.45 bits per heavy atom. The van der Waals surface area contributed by atoms with Crippen LogP contribution in [0.1, 0.15) is 13.8 Å². The van der Waals surface area contributed by atoms with Gasteiger partial charge in [-0.1, -0.05) is 0 Å². The second-order valence-electron chi connectivity index (χ2n) is 2.63. The van der Waals surface area contributed by atoms with E-state index in [1.807, 2.05) is 6.92 Å². The molecule has 0 aromatic rings. The molecule has 0 saturated carbocycles. The topological polar surface area (TPSA) is 47.6 Å². The minimum Gasteiger partial charge on any atom is -0.351 e. The summed E-state index contributed by atoms with van der Waals surface area (Å²) in [5, 5.41) is 2.71. The SMILES string of the molecule is CC(=O)NC1COC(C)OC1. The molecule has 0 aromatic carbocycles. The van der Waals surface area contributed by atoms with Crippen molar-refractivity contribution in [1.82, 2.24) is 5.32 Å². The largest absolute Gasteiger partial charge is 0.351 e. The first-order chi connectivity index (χ1) is 5.18. The highest BCUT2D eigenvalue weighted by atomic mass is 16.7. The highest BCUT2D eigenvalue weighted by Crippen LogP contribution is 2.03. The summed E-state index contributed by atoms with van der Waals surface area (Å²) in [5.74, 6) is -0.0447. The molecule has 4 nitrogen and oxygen atoms in total. The summed E-state index contributed by atoms with van der Waals surface area (Å²) in [5.41, 5.74) is 0. The fourth-order valence-corrected chi connectivity index (χ4v) is 0.970. The average molecular weight is 159 g/mol. The maximum Gasteiger partial charge on any atom is 0.217 e. The average Bonchev–Trinajstić information content (AvgIpc) is 1.93. The van der Waals surface area contributed by atoms with Crippen LogP contribution in [0.2, 0.25) is 0 Å². The molecule has 11 heavy (non-hydrogen) atoms. The van der Waals surface area contributed by atoms with Gasteiger partial charge in [0.2, 0.25) is 5.91 Å². The van der Waals surface area contributed by atoms with E-state index in [1.54, 1.807) is 0 Å². The number of carbonyl (C=O) groups excluding carboxylic acids is 1. The number of ether oxygens (including phenoxy) is 2. The number of hydrogen-bond donors (Lipinski definition) is 1. The fraction of sp³-hybridized carbons (Fsp3) is 0.857. The zero-order valence-corrected chi connectivity index (χ0v) is 6.79. The van der Waals surface area contributed by atoms with Gasteiger partial charge in [0.1, 0.15) is 0 Å². The first-order valence-electron chi connectivity index (χ1n) is 3.69. The molecule has 1 saturated heterocycles. The van der Waals surface area contributed by atoms with Crippen LogP contribution in [0.25, 0.3) is 0 Å². The van der Waals surface area contributed by atoms with Gasteiger partial charge in [-0.15, -0.1) is 0 Å². The molecule has 4 heteroatoms. The number of rotatable bonds is 1. The third kappa shape index (κ3) is 2.86. The molecule has 1 fully saturated rings. The minimum atomic E-state index is -0.139. The standard InChI is InChI=1S/C7H13NO3/c1-5(9)8-7-3-10-6(2)11-4-7/h6-7H,3-4H2,1-2H3,(H,8,9). The Kier molecular flexibility index (Phi) is 2.84. The van der Waals surface area contributed by atoms with Gasteiger partial charge >= 0.3 is 0 Å². The first kappa shape index (κ1) is 8.49. The molecule has 0 aromatic heterocycles. The predicted octanol–water partition coefficient (Wildman–Crippen LogP) is -0.116. The summed E-state index contributed by atoms with van der Waals surface area (Å²) in [6.07, 6.45) is -0.139. The van der Waals surface area contributed by atoms with Gasteiger partial charge in [0.25, 0.3) is 0 Å². The second kappa shape index (κ2) is 3.69. The smallest absolute Gasteiger partial charge is 0.217 e. The normalized spacial score (nSPS) is 31.5. The van der Waals surface area contributed by atoms with Crippen molar-refractivity contribution in [3.8, 4) is 0 Å². The molecule has 0 atom stereocenters. The van der Waals surface area contributed by atoms with Crippen molar-refractivity contribution >= 4 is 5.91 Å². The van der Waals surface area contributed by atoms with Gasteiger partial charge in [-0.3, -0.25) is 4.79 Å². The summed E-state index contributed by atoms with van der Waals surface area (Å²) in [7, 11) is 0. The number of amides is 1. The maximum absolute atomic E-state index is 10.6. The summed E-state index contributed by atoms with van der Waals surface area (Å²) in [6.45, 7) is 4.41. The van der Waals surface area contributed by atoms with Crippen LogP contribution < -0.4 is 5.32 Å². The van der Waals surface area contributed by atoms with E-state index in [0.29, 0.717) is 13.2 Å². The molecule has 1 aliphatic heterocycles. The summed E-state index contributed by atoms with van der Waals surface area (Å²) in [6, 6.07) is 0.0173. The third-order valence-corrected chi connectivity index (χ3v) is 1.47. The minimum absolute atomic E-state index is 0.0173. The van der Waals surface area contributed by atoms with Crippen LogP contribution >= 0.6 is 0 Å². The third-order valence-electron chi connectivity index (χ3n) is 1.47. The van der Waals surface area contributed by atoms with Crippen molar-refractivity contribution < 1.29 is 14.3 Å². The number of carbonyl (C=O) groups is 1. The molecule has 0 spiro atoms. The van der Waals surface area contributed by atoms with E-state index in [9.17, 15) is 4.79 Å². The summed E-state index contributed by atoms with van der Waals surface area (Å²) in [4.78, 5) is 10.6. The highest BCUT2D eigenvalue weighted by molar-refractivity contribution is 5.73. The van der Waals surface area contributed by atoms with Gasteiger partial charge in [-0.2, -0.15) is 0 Å². The Hall–Kier alpha value is -0.610. The summed E-state index contributed by atoms with van der Waals surface area (Å²) >= 11 is 0. The lowest BCUT2D eigenvalue weighted by Gasteiger charge is -2.27. The molecule has 0 unspecified atom stereocenters. The molecule has 1 heterocycles. The van der Waals surface area contributed by atoms with Gasteiger partial charge in [0.05, 0.1) is 19.3 Å². The first-order valence-corrected chi connectivity index (χ1v) is 3.69. The molecule has 1 rings (SSSR count). The fourth-order valence-electron chi connectivity index (χ4n) is 0.970. The summed E-state index contributed by atoms with van der Waals surface area (Å²) < 4.78 is 10.3. The van der Waals surface area contributed by atoms with Crippen LogP contribution in [0, 0.1) is 0 Å². The zero-order chi connectivity index (χ0) is 8.27. The van der Waals surface area contributed by atoms with Gasteiger partial charge < -0.3 is 14.8 Å². The van der Waals surface area contributed by atoms with E-state index < -0.39 is 0 Å². The van der Waals surface area contributed by atoms with E-state index >= 15 is 0 Å². The van der Waals surface area contributed by atoms with Crippen molar-refractivity contribution in [2.24, 2.45) is 0 Å². The van der Waals surface area contributed by atoms with Crippen LogP contribution in [0.15, 0.2) is 0 Å². The molecule has 0 bridgehead atoms. The Morgan fingerprint density at radius 1 is 1.45 bits per heavy atom. The lowest BCUT2D eigenvalue weighted by molar-refractivity contribution is -0.180. The van der Waals surface area contributed by atoms with Crippen molar-refractivity contribution in [3.05, 3.63) is 0 Å². The lowest BCUT2D eigenvalue weighted by Crippen LogP contribution is -2.45. The molecule has 1 N–H and O–H groups in total. The van der Waals surface area contributed by atoms with Gasteiger partial charge in [0, 0.05) is 6.92 Å². The van der Waals surface area contributed by atoms with E-state index in [2.05, 4.69) is 5.32 Å². The zero-order valence-electron chi connectivity index (χ0n) is 6.79. The van der Waals surface area contributed by atoms with Crippen LogP contribution in [-0.2, 0) is 14.3 Å². The molecule has 0 aliphatic carbocycles. The van der Waals surface area contributed by atoms with Crippen LogP contribution in [0.3, 0.4) is 0 Å². The number of hydrogen-bond acceptors (Lipinski definition) is 3. The van der Waals surface area contributed by atoms with Crippen LogP contribution in [0.4, 0.5) is 0 Å². The molecule has 1 aliphatic rings. The van der Waals surface area contributed by atoms with E-state index in [1.165, 1.54) is 6.92 Å². The molecule has 1 amide bonds. The monoisotopic (exact) mass is 159 g/mol. The van der Waals surface area contributed by atoms with E-state index in [0.717, 1.165) is 0 Å². The maximum atomic E-state index is 10.6. The van der Waals surface area contributed by atoms with Gasteiger partial charge in [-0.05, 0) is 6.92 Å². The van der Waals surface area contributed by atoms with Crippen LogP contribution in [0.5, 0.6) is 0 Å². The van der Waals surface area contributed by atoms with E-state index in [4.69, 9.17) is 9.47 Å². The lowest BCUT2D eigenvalue weighted by atomic mass is 10.3. The Balaban J connectivity index is 2.22. The van der Waals surface area contributed by atoms with Gasteiger partial charge in [0.15, 0.2) is 6.29 Å². The van der Waals surface area contributed by atoms with Crippen molar-refractivity contribution in [3.63, 3.8) is 0 Å². The molecule has 64 valence electrons. The van der Waals surface area contributed by atoms with Crippen molar-refractivity contribution in [1.29, 1.82) is 0 Å².